The summed E-state index contributed by atoms with van der Waals surface area (Å²) in [5, 5.41) is 2.99. The molecule has 1 aromatic heterocycles. The van der Waals surface area contributed by atoms with Crippen molar-refractivity contribution < 1.29 is 32.2 Å². The first-order valence-electron chi connectivity index (χ1n) is 9.69. The number of nitrogens with one attached hydrogen (secondary N) is 1. The third-order valence-electron chi connectivity index (χ3n) is 5.41. The van der Waals surface area contributed by atoms with Crippen molar-refractivity contribution in [2.24, 2.45) is 0 Å². The maximum Gasteiger partial charge on any atom is 0.421 e. The molecule has 3 heterocycles. The molecule has 2 aromatic rings. The summed E-state index contributed by atoms with van der Waals surface area (Å²) in [4.78, 5) is 22.2. The average molecular weight is 438 g/mol. The highest BCUT2D eigenvalue weighted by Crippen LogP contribution is 2.48. The second-order valence-electron chi connectivity index (χ2n) is 7.37. The smallest absolute Gasteiger partial charge is 0.421 e. The summed E-state index contributed by atoms with van der Waals surface area (Å²) in [5.41, 5.74) is -1.53. The van der Waals surface area contributed by atoms with E-state index in [1.165, 1.54) is 35.5 Å². The lowest BCUT2D eigenvalue weighted by molar-refractivity contribution is -0.272. The van der Waals surface area contributed by atoms with Gasteiger partial charge in [0.2, 0.25) is 5.91 Å². The van der Waals surface area contributed by atoms with Crippen LogP contribution in [-0.4, -0.2) is 41.6 Å². The molecular formula is C20H21F3N4O4. The Balaban J connectivity index is 1.53. The summed E-state index contributed by atoms with van der Waals surface area (Å²) in [6, 6.07) is 3.91. The zero-order valence-electron chi connectivity index (χ0n) is 16.9. The molecule has 1 N–H and O–H groups in total. The number of ether oxygens (including phenoxy) is 3. The van der Waals surface area contributed by atoms with Crippen molar-refractivity contribution in [1.29, 1.82) is 0 Å². The van der Waals surface area contributed by atoms with Gasteiger partial charge in [0.05, 0.1) is 37.5 Å². The molecule has 0 aliphatic carbocycles. The molecule has 0 saturated carbocycles. The van der Waals surface area contributed by atoms with E-state index in [0.717, 1.165) is 6.92 Å². The Bertz CT molecular complexity index is 970. The van der Waals surface area contributed by atoms with Gasteiger partial charge >= 0.3 is 12.2 Å². The average Bonchev–Trinajstić information content (AvgIpc) is 2.97. The molecule has 11 heteroatoms. The Morgan fingerprint density at radius 1 is 1.32 bits per heavy atom. The van der Waals surface area contributed by atoms with E-state index in [9.17, 15) is 18.0 Å². The van der Waals surface area contributed by atoms with Gasteiger partial charge in [0.1, 0.15) is 12.5 Å². The molecule has 2 aliphatic heterocycles. The number of anilines is 1. The molecule has 4 rings (SSSR count). The lowest BCUT2D eigenvalue weighted by atomic mass is 9.93. The van der Waals surface area contributed by atoms with Crippen LogP contribution in [0.15, 0.2) is 30.6 Å². The van der Waals surface area contributed by atoms with Crippen molar-refractivity contribution in [2.45, 2.75) is 44.7 Å². The SMILES string of the molecule is CC[C@H]1NCOCN(c2cnc(Oc3ccc4c(c3)C(C)(C(F)(F)F)OC4)nc2)C1=O. The van der Waals surface area contributed by atoms with Crippen LogP contribution >= 0.6 is 0 Å². The maximum absolute atomic E-state index is 13.5. The molecule has 0 bridgehead atoms. The number of nitrogens with zero attached hydrogens (tertiary/aromatic N) is 3. The Hall–Kier alpha value is -2.76. The number of benzene rings is 1. The number of rotatable bonds is 4. The van der Waals surface area contributed by atoms with Gasteiger partial charge in [-0.2, -0.15) is 13.2 Å². The van der Waals surface area contributed by atoms with Crippen LogP contribution in [0.5, 0.6) is 11.8 Å². The molecule has 8 nitrogen and oxygen atoms in total. The van der Waals surface area contributed by atoms with E-state index >= 15 is 0 Å². The van der Waals surface area contributed by atoms with Crippen LogP contribution in [0.1, 0.15) is 31.4 Å². The normalized spacial score (nSPS) is 24.1. The standard InChI is InChI=1S/C20H21F3N4O4/c1-3-16-17(28)27(11-29-10-26-16)13-7-24-18(25-8-13)31-14-5-4-12-9-30-19(2,15(12)6-14)20(21,22)23/h4-8,16,26H,3,9-11H2,1-2H3/t16-,19?/m1/s1. The van der Waals surface area contributed by atoms with Crippen molar-refractivity contribution in [3.05, 3.63) is 41.7 Å². The van der Waals surface area contributed by atoms with Gasteiger partial charge in [-0.15, -0.1) is 0 Å². The number of hydrogen-bond acceptors (Lipinski definition) is 7. The highest BCUT2D eigenvalue weighted by atomic mass is 19.4. The van der Waals surface area contributed by atoms with E-state index < -0.39 is 11.8 Å². The minimum Gasteiger partial charge on any atom is -0.424 e. The highest BCUT2D eigenvalue weighted by molar-refractivity contribution is 5.96. The zero-order valence-corrected chi connectivity index (χ0v) is 16.9. The molecular weight excluding hydrogens is 417 g/mol. The van der Waals surface area contributed by atoms with Crippen LogP contribution in [0.2, 0.25) is 0 Å². The Kier molecular flexibility index (Phi) is 5.58. The van der Waals surface area contributed by atoms with Crippen LogP contribution in [0.3, 0.4) is 0 Å². The summed E-state index contributed by atoms with van der Waals surface area (Å²) in [7, 11) is 0. The lowest BCUT2D eigenvalue weighted by Gasteiger charge is -2.27. The van der Waals surface area contributed by atoms with Crippen LogP contribution in [0.25, 0.3) is 0 Å². The van der Waals surface area contributed by atoms with E-state index in [0.29, 0.717) is 17.7 Å². The fourth-order valence-electron chi connectivity index (χ4n) is 3.49. The predicted molar refractivity (Wildman–Crippen MR) is 102 cm³/mol. The molecule has 1 unspecified atom stereocenters. The Labute approximate surface area is 176 Å². The van der Waals surface area contributed by atoms with Gasteiger partial charge in [0.25, 0.3) is 0 Å². The first kappa shape index (κ1) is 21.5. The molecule has 0 spiro atoms. The van der Waals surface area contributed by atoms with Gasteiger partial charge in [-0.1, -0.05) is 13.0 Å². The van der Waals surface area contributed by atoms with Gasteiger partial charge in [0.15, 0.2) is 5.60 Å². The number of fused-ring (bicyclic) bond motifs is 1. The van der Waals surface area contributed by atoms with E-state index in [2.05, 4.69) is 15.3 Å². The van der Waals surface area contributed by atoms with Crippen LogP contribution in [0.4, 0.5) is 18.9 Å². The van der Waals surface area contributed by atoms with Crippen molar-refractivity contribution in [3.63, 3.8) is 0 Å². The quantitative estimate of drug-likeness (QED) is 0.785. The summed E-state index contributed by atoms with van der Waals surface area (Å²) < 4.78 is 56.4. The molecule has 166 valence electrons. The minimum absolute atomic E-state index is 0.000426. The number of amides is 1. The fourth-order valence-corrected chi connectivity index (χ4v) is 3.49. The first-order valence-corrected chi connectivity index (χ1v) is 9.69. The van der Waals surface area contributed by atoms with E-state index in [4.69, 9.17) is 14.2 Å². The van der Waals surface area contributed by atoms with Crippen molar-refractivity contribution in [3.8, 4) is 11.8 Å². The minimum atomic E-state index is -4.57. The second kappa shape index (κ2) is 8.06. The molecule has 0 radical (unpaired) electrons. The number of carbonyl (C=O) groups is 1. The second-order valence-corrected chi connectivity index (χ2v) is 7.37. The highest BCUT2D eigenvalue weighted by Gasteiger charge is 2.57. The number of hydrogen-bond donors (Lipinski definition) is 1. The lowest BCUT2D eigenvalue weighted by Crippen LogP contribution is -2.43. The molecule has 1 fully saturated rings. The van der Waals surface area contributed by atoms with Gasteiger partial charge in [-0.05, 0) is 31.0 Å². The van der Waals surface area contributed by atoms with E-state index in [1.54, 1.807) is 0 Å². The van der Waals surface area contributed by atoms with E-state index in [-0.39, 0.29) is 49.3 Å². The van der Waals surface area contributed by atoms with Gasteiger partial charge in [0, 0.05) is 5.56 Å². The first-order chi connectivity index (χ1) is 14.7. The molecule has 2 atom stereocenters. The van der Waals surface area contributed by atoms with Crippen LogP contribution < -0.4 is 15.0 Å². The summed E-state index contributed by atoms with van der Waals surface area (Å²) in [6.45, 7) is 3.05. The number of carbonyl (C=O) groups excluding carboxylic acids is 1. The molecule has 31 heavy (non-hydrogen) atoms. The van der Waals surface area contributed by atoms with Crippen molar-refractivity contribution in [1.82, 2.24) is 15.3 Å². The molecule has 1 amide bonds. The molecule has 2 aliphatic rings. The monoisotopic (exact) mass is 438 g/mol. The molecule has 1 aromatic carbocycles. The van der Waals surface area contributed by atoms with Crippen LogP contribution in [-0.2, 0) is 26.5 Å². The van der Waals surface area contributed by atoms with Gasteiger partial charge in [-0.3, -0.25) is 15.0 Å². The number of halogens is 3. The predicted octanol–water partition coefficient (Wildman–Crippen LogP) is 3.22. The Morgan fingerprint density at radius 3 is 2.74 bits per heavy atom. The van der Waals surface area contributed by atoms with Gasteiger partial charge < -0.3 is 14.2 Å². The summed E-state index contributed by atoms with van der Waals surface area (Å²) in [6.07, 6.45) is -1.17. The van der Waals surface area contributed by atoms with E-state index in [1.807, 2.05) is 6.92 Å². The third-order valence-corrected chi connectivity index (χ3v) is 5.41. The Morgan fingerprint density at radius 2 is 2.06 bits per heavy atom. The van der Waals surface area contributed by atoms with Crippen molar-refractivity contribution in [2.75, 3.05) is 18.4 Å². The van der Waals surface area contributed by atoms with Crippen LogP contribution in [0, 0.1) is 0 Å². The topological polar surface area (TPSA) is 85.8 Å². The van der Waals surface area contributed by atoms with Crippen molar-refractivity contribution >= 4 is 11.6 Å². The third kappa shape index (κ3) is 3.95. The summed E-state index contributed by atoms with van der Waals surface area (Å²) >= 11 is 0. The number of aromatic nitrogens is 2. The fraction of sp³-hybridized carbons (Fsp3) is 0.450. The number of alkyl halides is 3. The maximum atomic E-state index is 13.5. The zero-order chi connectivity index (χ0) is 22.2. The largest absolute Gasteiger partial charge is 0.424 e. The van der Waals surface area contributed by atoms with Gasteiger partial charge in [-0.25, -0.2) is 9.97 Å². The summed E-state index contributed by atoms with van der Waals surface area (Å²) in [5.74, 6) is -0.0146. The molecule has 1 saturated heterocycles.